The van der Waals surface area contributed by atoms with Crippen LogP contribution in [0.15, 0.2) is 23.6 Å². The van der Waals surface area contributed by atoms with Crippen LogP contribution in [0.3, 0.4) is 0 Å². The predicted octanol–water partition coefficient (Wildman–Crippen LogP) is 3.60. The van der Waals surface area contributed by atoms with E-state index in [9.17, 15) is 4.79 Å². The lowest BCUT2D eigenvalue weighted by Gasteiger charge is -2.11. The smallest absolute Gasteiger partial charge is 0.224 e. The fourth-order valence-electron chi connectivity index (χ4n) is 1.93. The number of methoxy groups -OCH3 is 1. The van der Waals surface area contributed by atoms with Gasteiger partial charge in [-0.25, -0.2) is 4.98 Å². The molecule has 1 aromatic carbocycles. The summed E-state index contributed by atoms with van der Waals surface area (Å²) >= 11 is 1.54. The first-order valence-electron chi connectivity index (χ1n) is 6.79. The Balaban J connectivity index is 2.30. The molecule has 0 fully saturated rings. The Labute approximate surface area is 128 Å². The van der Waals surface area contributed by atoms with Gasteiger partial charge < -0.3 is 15.4 Å². The summed E-state index contributed by atoms with van der Waals surface area (Å²) in [4.78, 5) is 16.3. The molecule has 2 N–H and O–H groups in total. The van der Waals surface area contributed by atoms with Crippen molar-refractivity contribution < 1.29 is 9.53 Å². The molecule has 1 heterocycles. The second-order valence-electron chi connectivity index (χ2n) is 4.50. The average Bonchev–Trinajstić information content (AvgIpc) is 2.96. The van der Waals surface area contributed by atoms with Gasteiger partial charge in [0, 0.05) is 24.4 Å². The van der Waals surface area contributed by atoms with Crippen molar-refractivity contribution >= 4 is 28.1 Å². The van der Waals surface area contributed by atoms with Crippen LogP contribution < -0.4 is 15.4 Å². The van der Waals surface area contributed by atoms with Gasteiger partial charge in [-0.15, -0.1) is 11.3 Å². The van der Waals surface area contributed by atoms with E-state index in [4.69, 9.17) is 4.74 Å². The lowest BCUT2D eigenvalue weighted by atomic mass is 10.1. The number of carbonyl (C=O) groups excluding carboxylic acids is 1. The Bertz CT molecular complexity index is 625. The van der Waals surface area contributed by atoms with Gasteiger partial charge in [-0.05, 0) is 24.6 Å². The Morgan fingerprint density at radius 1 is 1.43 bits per heavy atom. The van der Waals surface area contributed by atoms with Gasteiger partial charge in [-0.2, -0.15) is 0 Å². The van der Waals surface area contributed by atoms with Crippen molar-refractivity contribution in [2.24, 2.45) is 0 Å². The number of ether oxygens (including phenoxy) is 1. The minimum atomic E-state index is -0.0119. The van der Waals surface area contributed by atoms with Crippen molar-refractivity contribution in [3.63, 3.8) is 0 Å². The number of rotatable bonds is 6. The number of anilines is 2. The molecule has 1 amide bonds. The Morgan fingerprint density at radius 2 is 2.24 bits per heavy atom. The molecule has 112 valence electrons. The molecular formula is C15H19N3O2S. The van der Waals surface area contributed by atoms with E-state index >= 15 is 0 Å². The first kappa shape index (κ1) is 15.3. The Morgan fingerprint density at radius 3 is 2.86 bits per heavy atom. The highest BCUT2D eigenvalue weighted by atomic mass is 32.1. The summed E-state index contributed by atoms with van der Waals surface area (Å²) in [6, 6.07) is 5.67. The maximum atomic E-state index is 11.8. The highest BCUT2D eigenvalue weighted by Gasteiger charge is 2.10. The molecular weight excluding hydrogens is 286 g/mol. The normalized spacial score (nSPS) is 10.2. The molecule has 0 saturated carbocycles. The second-order valence-corrected chi connectivity index (χ2v) is 5.36. The van der Waals surface area contributed by atoms with Crippen LogP contribution in [-0.2, 0) is 4.79 Å². The lowest BCUT2D eigenvalue weighted by molar-refractivity contribution is -0.116. The largest absolute Gasteiger partial charge is 0.495 e. The molecule has 6 heteroatoms. The molecule has 0 aliphatic rings. The molecule has 2 aromatic rings. The zero-order chi connectivity index (χ0) is 15.2. The van der Waals surface area contributed by atoms with Gasteiger partial charge in [-0.1, -0.05) is 6.92 Å². The molecule has 5 nitrogen and oxygen atoms in total. The summed E-state index contributed by atoms with van der Waals surface area (Å²) in [6.07, 6.45) is 1.31. The van der Waals surface area contributed by atoms with Crippen molar-refractivity contribution in [2.45, 2.75) is 19.8 Å². The number of hydrogen-bond donors (Lipinski definition) is 2. The van der Waals surface area contributed by atoms with E-state index in [-0.39, 0.29) is 5.91 Å². The van der Waals surface area contributed by atoms with Crippen molar-refractivity contribution in [3.8, 4) is 17.0 Å². The minimum absolute atomic E-state index is 0.0119. The summed E-state index contributed by atoms with van der Waals surface area (Å²) in [5.74, 6) is 0.634. The fourth-order valence-corrected chi connectivity index (χ4v) is 2.61. The van der Waals surface area contributed by atoms with Gasteiger partial charge in [0.2, 0.25) is 5.91 Å². The number of benzene rings is 1. The number of carbonyl (C=O) groups is 1. The molecule has 0 bridgehead atoms. The summed E-state index contributed by atoms with van der Waals surface area (Å²) < 4.78 is 5.30. The summed E-state index contributed by atoms with van der Waals surface area (Å²) in [5.41, 5.74) is 2.49. The van der Waals surface area contributed by atoms with Gasteiger partial charge in [0.05, 0.1) is 18.5 Å². The zero-order valence-corrected chi connectivity index (χ0v) is 13.2. The van der Waals surface area contributed by atoms with E-state index in [1.807, 2.05) is 37.6 Å². The van der Waals surface area contributed by atoms with Crippen LogP contribution >= 0.6 is 11.3 Å². The van der Waals surface area contributed by atoms with Crippen LogP contribution in [0.4, 0.5) is 10.8 Å². The number of thiazole rings is 1. The van der Waals surface area contributed by atoms with Crippen LogP contribution in [0.25, 0.3) is 11.3 Å². The van der Waals surface area contributed by atoms with Crippen LogP contribution in [-0.4, -0.2) is 25.0 Å². The van der Waals surface area contributed by atoms with Gasteiger partial charge >= 0.3 is 0 Å². The lowest BCUT2D eigenvalue weighted by Crippen LogP contribution is -2.11. The molecule has 0 atom stereocenters. The monoisotopic (exact) mass is 305 g/mol. The molecule has 0 aliphatic heterocycles. The molecule has 0 aliphatic carbocycles. The highest BCUT2D eigenvalue weighted by Crippen LogP contribution is 2.32. The molecule has 0 unspecified atom stereocenters. The zero-order valence-electron chi connectivity index (χ0n) is 12.4. The number of nitrogens with one attached hydrogen (secondary N) is 2. The number of hydrogen-bond acceptors (Lipinski definition) is 5. The fraction of sp³-hybridized carbons (Fsp3) is 0.333. The molecule has 2 rings (SSSR count). The van der Waals surface area contributed by atoms with Crippen molar-refractivity contribution in [1.29, 1.82) is 0 Å². The van der Waals surface area contributed by atoms with E-state index in [0.717, 1.165) is 22.8 Å². The first-order valence-corrected chi connectivity index (χ1v) is 7.67. The third-order valence-corrected chi connectivity index (χ3v) is 3.82. The van der Waals surface area contributed by atoms with E-state index < -0.39 is 0 Å². The van der Waals surface area contributed by atoms with E-state index in [1.165, 1.54) is 0 Å². The topological polar surface area (TPSA) is 63.2 Å². The number of nitrogens with zero attached hydrogens (tertiary/aromatic N) is 1. The van der Waals surface area contributed by atoms with E-state index in [2.05, 4.69) is 15.6 Å². The SMILES string of the molecule is CCCC(=O)Nc1cc(-c2csc(NC)n2)ccc1OC. The van der Waals surface area contributed by atoms with Gasteiger partial charge in [0.25, 0.3) is 0 Å². The number of aromatic nitrogens is 1. The summed E-state index contributed by atoms with van der Waals surface area (Å²) in [7, 11) is 3.43. The van der Waals surface area contributed by atoms with Crippen LogP contribution in [0.5, 0.6) is 5.75 Å². The number of amides is 1. The summed E-state index contributed by atoms with van der Waals surface area (Å²) in [5, 5.41) is 8.74. The van der Waals surface area contributed by atoms with Crippen LogP contribution in [0.1, 0.15) is 19.8 Å². The predicted molar refractivity (Wildman–Crippen MR) is 87.2 cm³/mol. The minimum Gasteiger partial charge on any atom is -0.495 e. The molecule has 1 aromatic heterocycles. The van der Waals surface area contributed by atoms with Crippen LogP contribution in [0.2, 0.25) is 0 Å². The third-order valence-electron chi connectivity index (χ3n) is 2.96. The Hall–Kier alpha value is -2.08. The molecule has 21 heavy (non-hydrogen) atoms. The molecule has 0 radical (unpaired) electrons. The first-order chi connectivity index (χ1) is 10.2. The van der Waals surface area contributed by atoms with Gasteiger partial charge in [-0.3, -0.25) is 4.79 Å². The average molecular weight is 305 g/mol. The van der Waals surface area contributed by atoms with Gasteiger partial charge in [0.1, 0.15) is 5.75 Å². The van der Waals surface area contributed by atoms with Gasteiger partial charge in [0.15, 0.2) is 5.13 Å². The van der Waals surface area contributed by atoms with Crippen molar-refractivity contribution in [2.75, 3.05) is 24.8 Å². The molecule has 0 saturated heterocycles. The maximum absolute atomic E-state index is 11.8. The highest BCUT2D eigenvalue weighted by molar-refractivity contribution is 7.14. The van der Waals surface area contributed by atoms with Crippen LogP contribution in [0, 0.1) is 0 Å². The third kappa shape index (κ3) is 3.72. The van der Waals surface area contributed by atoms with Crippen molar-refractivity contribution in [1.82, 2.24) is 4.98 Å². The van der Waals surface area contributed by atoms with E-state index in [1.54, 1.807) is 18.4 Å². The standard InChI is InChI=1S/C15H19N3O2S/c1-4-5-14(19)17-11-8-10(6-7-13(11)20-3)12-9-21-15(16-2)18-12/h6-9H,4-5H2,1-3H3,(H,16,18)(H,17,19). The Kier molecular flexibility index (Phi) is 5.16. The van der Waals surface area contributed by atoms with Crippen molar-refractivity contribution in [3.05, 3.63) is 23.6 Å². The van der Waals surface area contributed by atoms with E-state index in [0.29, 0.717) is 17.9 Å². The molecule has 0 spiro atoms. The second kappa shape index (κ2) is 7.08. The maximum Gasteiger partial charge on any atom is 0.224 e. The quantitative estimate of drug-likeness (QED) is 0.856. The summed E-state index contributed by atoms with van der Waals surface area (Å²) in [6.45, 7) is 1.97.